The van der Waals surface area contributed by atoms with Gasteiger partial charge in [-0.1, -0.05) is 6.07 Å². The van der Waals surface area contributed by atoms with Crippen LogP contribution in [0.25, 0.3) is 0 Å². The smallest absolute Gasteiger partial charge is 0.257 e. The summed E-state index contributed by atoms with van der Waals surface area (Å²) in [6.07, 6.45) is 5.49. The number of aryl methyl sites for hydroxylation is 1. The number of nitrogens with one attached hydrogen (secondary N) is 1. The third-order valence-electron chi connectivity index (χ3n) is 5.34. The Morgan fingerprint density at radius 3 is 2.79 bits per heavy atom. The molecule has 9 heteroatoms. The lowest BCUT2D eigenvalue weighted by Crippen LogP contribution is -2.36. The second-order valence-corrected chi connectivity index (χ2v) is 9.18. The van der Waals surface area contributed by atoms with Crippen molar-refractivity contribution in [2.24, 2.45) is 0 Å². The van der Waals surface area contributed by atoms with Gasteiger partial charge in [-0.25, -0.2) is 23.1 Å². The van der Waals surface area contributed by atoms with Crippen molar-refractivity contribution in [1.82, 2.24) is 19.6 Å². The molecule has 0 spiro atoms. The molecule has 29 heavy (non-hydrogen) atoms. The number of sulfonamides is 1. The lowest BCUT2D eigenvalue weighted by atomic mass is 9.99. The molecule has 8 nitrogen and oxygen atoms in total. The molecule has 1 atom stereocenters. The predicted molar refractivity (Wildman–Crippen MR) is 106 cm³/mol. The summed E-state index contributed by atoms with van der Waals surface area (Å²) in [6, 6.07) is 5.13. The van der Waals surface area contributed by atoms with E-state index in [2.05, 4.69) is 14.7 Å². The molecule has 1 saturated heterocycles. The van der Waals surface area contributed by atoms with Gasteiger partial charge in [-0.3, -0.25) is 4.79 Å². The Morgan fingerprint density at radius 2 is 2.07 bits per heavy atom. The van der Waals surface area contributed by atoms with Gasteiger partial charge < -0.3 is 9.64 Å². The van der Waals surface area contributed by atoms with Gasteiger partial charge in [0.05, 0.1) is 16.6 Å². The maximum atomic E-state index is 12.8. The number of amides is 1. The molecule has 2 aromatic rings. The van der Waals surface area contributed by atoms with Crippen LogP contribution in [0, 0.1) is 6.92 Å². The Balaban J connectivity index is 1.49. The molecule has 0 unspecified atom stereocenters. The van der Waals surface area contributed by atoms with Crippen LogP contribution in [0.5, 0.6) is 0 Å². The number of rotatable bonds is 5. The van der Waals surface area contributed by atoms with E-state index in [4.69, 9.17) is 4.74 Å². The maximum Gasteiger partial charge on any atom is 0.257 e. The molecule has 1 fully saturated rings. The Bertz CT molecular complexity index is 1000. The van der Waals surface area contributed by atoms with Crippen molar-refractivity contribution < 1.29 is 17.9 Å². The van der Waals surface area contributed by atoms with Gasteiger partial charge in [0.25, 0.3) is 5.91 Å². The molecular formula is C20H24N4O4S. The van der Waals surface area contributed by atoms with Crippen LogP contribution >= 0.6 is 0 Å². The topological polar surface area (TPSA) is 101 Å². The van der Waals surface area contributed by atoms with E-state index >= 15 is 0 Å². The minimum Gasteiger partial charge on any atom is -0.377 e. The number of aromatic nitrogens is 2. The molecule has 0 radical (unpaired) electrons. The van der Waals surface area contributed by atoms with E-state index < -0.39 is 10.0 Å². The highest BCUT2D eigenvalue weighted by atomic mass is 32.2. The Labute approximate surface area is 170 Å². The zero-order valence-electron chi connectivity index (χ0n) is 16.3. The van der Waals surface area contributed by atoms with Crippen molar-refractivity contribution >= 4 is 15.9 Å². The first kappa shape index (κ1) is 19.9. The molecule has 1 N–H and O–H groups in total. The van der Waals surface area contributed by atoms with Crippen LogP contribution in [0.15, 0.2) is 35.5 Å². The van der Waals surface area contributed by atoms with Crippen molar-refractivity contribution in [2.75, 3.05) is 19.7 Å². The molecule has 1 aromatic carbocycles. The minimum atomic E-state index is -3.63. The first-order chi connectivity index (χ1) is 13.9. The summed E-state index contributed by atoms with van der Waals surface area (Å²) in [4.78, 5) is 22.8. The van der Waals surface area contributed by atoms with Gasteiger partial charge in [-0.15, -0.1) is 0 Å². The fraction of sp³-hybridized carbons (Fsp3) is 0.450. The van der Waals surface area contributed by atoms with E-state index in [1.54, 1.807) is 24.0 Å². The van der Waals surface area contributed by atoms with Crippen molar-refractivity contribution in [2.45, 2.75) is 43.7 Å². The van der Waals surface area contributed by atoms with E-state index in [0.717, 1.165) is 24.0 Å². The van der Waals surface area contributed by atoms with Crippen LogP contribution in [0.4, 0.5) is 0 Å². The highest BCUT2D eigenvalue weighted by molar-refractivity contribution is 7.89. The number of carbonyl (C=O) groups is 1. The van der Waals surface area contributed by atoms with Crippen LogP contribution in [-0.4, -0.2) is 55.0 Å². The molecular weight excluding hydrogens is 392 g/mol. The normalized spacial score (nSPS) is 19.2. The predicted octanol–water partition coefficient (Wildman–Crippen LogP) is 1.44. The molecule has 154 valence electrons. The van der Waals surface area contributed by atoms with Crippen LogP contribution in [0.2, 0.25) is 0 Å². The van der Waals surface area contributed by atoms with Crippen molar-refractivity contribution in [3.63, 3.8) is 0 Å². The van der Waals surface area contributed by atoms with Crippen molar-refractivity contribution in [3.05, 3.63) is 53.1 Å². The SMILES string of the molecule is Cc1ncc(C(=O)N2CCc3ccc(S(=O)(=O)NC[C@@H]4CCCO4)cc3C2)cn1. The summed E-state index contributed by atoms with van der Waals surface area (Å²) in [6.45, 7) is 3.65. The van der Waals surface area contributed by atoms with Crippen LogP contribution in [-0.2, 0) is 27.7 Å². The zero-order chi connectivity index (χ0) is 20.4. The summed E-state index contributed by atoms with van der Waals surface area (Å²) < 4.78 is 33.5. The first-order valence-electron chi connectivity index (χ1n) is 9.73. The molecule has 2 aliphatic heterocycles. The van der Waals surface area contributed by atoms with E-state index in [0.29, 0.717) is 37.5 Å². The molecule has 3 heterocycles. The largest absolute Gasteiger partial charge is 0.377 e. The lowest BCUT2D eigenvalue weighted by molar-refractivity contribution is 0.0733. The number of carbonyl (C=O) groups excluding carboxylic acids is 1. The number of benzene rings is 1. The van der Waals surface area contributed by atoms with Gasteiger partial charge in [-0.2, -0.15) is 0 Å². The van der Waals surface area contributed by atoms with Gasteiger partial charge >= 0.3 is 0 Å². The van der Waals surface area contributed by atoms with Crippen molar-refractivity contribution in [1.29, 1.82) is 0 Å². The third-order valence-corrected chi connectivity index (χ3v) is 6.76. The number of hydrogen-bond donors (Lipinski definition) is 1. The average Bonchev–Trinajstić information content (AvgIpc) is 3.25. The highest BCUT2D eigenvalue weighted by Crippen LogP contribution is 2.24. The van der Waals surface area contributed by atoms with E-state index in [1.165, 1.54) is 12.4 Å². The molecule has 2 aliphatic rings. The quantitative estimate of drug-likeness (QED) is 0.791. The van der Waals surface area contributed by atoms with E-state index in [1.807, 2.05) is 6.07 Å². The summed E-state index contributed by atoms with van der Waals surface area (Å²) in [7, 11) is -3.63. The maximum absolute atomic E-state index is 12.8. The van der Waals surface area contributed by atoms with Crippen LogP contribution in [0.1, 0.15) is 40.2 Å². The van der Waals surface area contributed by atoms with E-state index in [9.17, 15) is 13.2 Å². The fourth-order valence-electron chi connectivity index (χ4n) is 3.65. The number of ether oxygens (including phenoxy) is 1. The number of hydrogen-bond acceptors (Lipinski definition) is 6. The molecule has 0 bridgehead atoms. The van der Waals surface area contributed by atoms with Crippen LogP contribution in [0.3, 0.4) is 0 Å². The first-order valence-corrected chi connectivity index (χ1v) is 11.2. The molecule has 0 saturated carbocycles. The minimum absolute atomic E-state index is 0.0627. The van der Waals surface area contributed by atoms with Gasteiger partial charge in [-0.05, 0) is 49.4 Å². The number of fused-ring (bicyclic) bond motifs is 1. The monoisotopic (exact) mass is 416 g/mol. The summed E-state index contributed by atoms with van der Waals surface area (Å²) >= 11 is 0. The average molecular weight is 417 g/mol. The van der Waals surface area contributed by atoms with Crippen LogP contribution < -0.4 is 4.72 Å². The second kappa shape index (κ2) is 8.17. The standard InChI is InChI=1S/C20H24N4O4S/c1-14-21-10-17(11-22-14)20(25)24-7-6-15-4-5-19(9-16(15)13-24)29(26,27)23-12-18-3-2-8-28-18/h4-5,9-11,18,23H,2-3,6-8,12-13H2,1H3/t18-/m0/s1. The Kier molecular flexibility index (Phi) is 5.62. The molecule has 1 aromatic heterocycles. The molecule has 1 amide bonds. The highest BCUT2D eigenvalue weighted by Gasteiger charge is 2.25. The lowest BCUT2D eigenvalue weighted by Gasteiger charge is -2.29. The third kappa shape index (κ3) is 4.47. The molecule has 0 aliphatic carbocycles. The second-order valence-electron chi connectivity index (χ2n) is 7.41. The fourth-order valence-corrected chi connectivity index (χ4v) is 4.77. The van der Waals surface area contributed by atoms with E-state index in [-0.39, 0.29) is 23.5 Å². The van der Waals surface area contributed by atoms with Gasteiger partial charge in [0.2, 0.25) is 10.0 Å². The Morgan fingerprint density at radius 1 is 1.28 bits per heavy atom. The summed E-state index contributed by atoms with van der Waals surface area (Å²) in [5, 5.41) is 0. The van der Waals surface area contributed by atoms with Gasteiger partial charge in [0.15, 0.2) is 0 Å². The Hall–Kier alpha value is -2.36. The van der Waals surface area contributed by atoms with Gasteiger partial charge in [0.1, 0.15) is 5.82 Å². The number of nitrogens with zero attached hydrogens (tertiary/aromatic N) is 3. The van der Waals surface area contributed by atoms with Crippen molar-refractivity contribution in [3.8, 4) is 0 Å². The summed E-state index contributed by atoms with van der Waals surface area (Å²) in [5.41, 5.74) is 2.34. The zero-order valence-corrected chi connectivity index (χ0v) is 17.1. The molecule has 4 rings (SSSR count). The summed E-state index contributed by atoms with van der Waals surface area (Å²) in [5.74, 6) is 0.455. The van der Waals surface area contributed by atoms with Gasteiger partial charge in [0, 0.05) is 38.6 Å².